The maximum atomic E-state index is 13.1. The number of methoxy groups -OCH3 is 1. The summed E-state index contributed by atoms with van der Waals surface area (Å²) < 4.78 is 50.6. The molecule has 0 N–H and O–H groups in total. The van der Waals surface area contributed by atoms with E-state index in [1.54, 1.807) is 24.3 Å². The van der Waals surface area contributed by atoms with E-state index in [0.29, 0.717) is 52.6 Å². The largest absolute Gasteiger partial charge is 0.496 e. The van der Waals surface area contributed by atoms with Crippen molar-refractivity contribution in [3.63, 3.8) is 0 Å². The molecule has 170 valence electrons. The molecule has 1 aliphatic heterocycles. The van der Waals surface area contributed by atoms with Crippen molar-refractivity contribution in [2.75, 3.05) is 25.1 Å². The Morgan fingerprint density at radius 3 is 2.62 bits per heavy atom. The minimum absolute atomic E-state index is 0.0102. The predicted octanol–water partition coefficient (Wildman–Crippen LogP) is 3.76. The Kier molecular flexibility index (Phi) is 6.09. The molecular formula is C20H19ClF3N5O3. The average Bonchev–Trinajstić information content (AvgIpc) is 3.21. The summed E-state index contributed by atoms with van der Waals surface area (Å²) in [7, 11) is 1.52. The maximum Gasteiger partial charge on any atom is 0.453 e. The zero-order valence-corrected chi connectivity index (χ0v) is 17.7. The average molecular weight is 470 g/mol. The van der Waals surface area contributed by atoms with Gasteiger partial charge >= 0.3 is 12.1 Å². The number of halogens is 4. The summed E-state index contributed by atoms with van der Waals surface area (Å²) in [4.78, 5) is 14.3. The molecule has 0 spiro atoms. The Labute approximate surface area is 185 Å². The molecule has 12 heteroatoms. The molecule has 1 fully saturated rings. The number of piperidine rings is 1. The van der Waals surface area contributed by atoms with E-state index in [9.17, 15) is 18.0 Å². The van der Waals surface area contributed by atoms with E-state index < -0.39 is 12.0 Å². The van der Waals surface area contributed by atoms with Gasteiger partial charge in [0.2, 0.25) is 0 Å². The first kappa shape index (κ1) is 22.1. The predicted molar refractivity (Wildman–Crippen MR) is 109 cm³/mol. The second-order valence-corrected chi connectivity index (χ2v) is 7.74. The van der Waals surface area contributed by atoms with Crippen LogP contribution in [0.25, 0.3) is 5.65 Å². The van der Waals surface area contributed by atoms with E-state index in [0.717, 1.165) is 0 Å². The van der Waals surface area contributed by atoms with Crippen LogP contribution in [0.15, 0.2) is 30.3 Å². The Morgan fingerprint density at radius 1 is 1.19 bits per heavy atom. The van der Waals surface area contributed by atoms with Crippen molar-refractivity contribution < 1.29 is 27.4 Å². The lowest BCUT2D eigenvalue weighted by molar-refractivity contribution is -0.150. The van der Waals surface area contributed by atoms with Gasteiger partial charge in [-0.1, -0.05) is 11.6 Å². The van der Waals surface area contributed by atoms with E-state index in [1.807, 2.05) is 4.90 Å². The number of benzene rings is 1. The van der Waals surface area contributed by atoms with Crippen LogP contribution < -0.4 is 9.64 Å². The zero-order chi connectivity index (χ0) is 22.9. The van der Waals surface area contributed by atoms with Gasteiger partial charge in [0.25, 0.3) is 5.82 Å². The van der Waals surface area contributed by atoms with E-state index in [1.165, 1.54) is 13.2 Å². The molecule has 0 aliphatic carbocycles. The number of rotatable bonds is 5. The Bertz CT molecular complexity index is 1130. The minimum Gasteiger partial charge on any atom is -0.496 e. The quantitative estimate of drug-likeness (QED) is 0.526. The summed E-state index contributed by atoms with van der Waals surface area (Å²) in [5, 5.41) is 11.2. The van der Waals surface area contributed by atoms with Crippen LogP contribution >= 0.6 is 11.6 Å². The highest BCUT2D eigenvalue weighted by Crippen LogP contribution is 2.29. The fourth-order valence-electron chi connectivity index (χ4n) is 3.60. The van der Waals surface area contributed by atoms with Crippen LogP contribution in [0.1, 0.15) is 24.2 Å². The number of anilines is 1. The molecule has 0 atom stereocenters. The highest BCUT2D eigenvalue weighted by molar-refractivity contribution is 6.30. The third kappa shape index (κ3) is 4.57. The van der Waals surface area contributed by atoms with Gasteiger partial charge in [-0.3, -0.25) is 4.79 Å². The molecular weight excluding hydrogens is 451 g/mol. The van der Waals surface area contributed by atoms with Crippen molar-refractivity contribution in [3.05, 3.63) is 46.7 Å². The van der Waals surface area contributed by atoms with Gasteiger partial charge in [0.1, 0.15) is 18.2 Å². The molecule has 3 aromatic rings. The number of hydrogen-bond acceptors (Lipinski definition) is 7. The number of alkyl halides is 3. The molecule has 0 saturated carbocycles. The lowest BCUT2D eigenvalue weighted by Gasteiger charge is -2.31. The summed E-state index contributed by atoms with van der Waals surface area (Å²) in [5.74, 6) is -0.901. The molecule has 0 bridgehead atoms. The van der Waals surface area contributed by atoms with Gasteiger partial charge in [0, 0.05) is 23.7 Å². The minimum atomic E-state index is -4.66. The molecule has 2 aromatic heterocycles. The first-order valence-electron chi connectivity index (χ1n) is 9.80. The molecule has 4 rings (SSSR count). The van der Waals surface area contributed by atoms with Crippen LogP contribution in [0.4, 0.5) is 19.0 Å². The van der Waals surface area contributed by atoms with Gasteiger partial charge in [0.15, 0.2) is 5.65 Å². The fraction of sp³-hybridized carbons (Fsp3) is 0.400. The Balaban J connectivity index is 1.38. The van der Waals surface area contributed by atoms with Crippen molar-refractivity contribution in [2.24, 2.45) is 5.92 Å². The van der Waals surface area contributed by atoms with E-state index in [-0.39, 0.29) is 24.1 Å². The lowest BCUT2D eigenvalue weighted by atomic mass is 9.97. The van der Waals surface area contributed by atoms with Crippen LogP contribution in [-0.2, 0) is 22.3 Å². The number of ether oxygens (including phenoxy) is 2. The normalized spacial score (nSPS) is 15.2. The molecule has 0 amide bonds. The van der Waals surface area contributed by atoms with Gasteiger partial charge in [0.05, 0.1) is 13.0 Å². The maximum absolute atomic E-state index is 13.1. The number of fused-ring (bicyclic) bond motifs is 1. The van der Waals surface area contributed by atoms with Gasteiger partial charge in [-0.05, 0) is 43.2 Å². The van der Waals surface area contributed by atoms with Crippen molar-refractivity contribution in [1.29, 1.82) is 0 Å². The van der Waals surface area contributed by atoms with Crippen LogP contribution in [0.3, 0.4) is 0 Å². The van der Waals surface area contributed by atoms with Gasteiger partial charge < -0.3 is 14.4 Å². The topological polar surface area (TPSA) is 81.9 Å². The summed E-state index contributed by atoms with van der Waals surface area (Å²) in [6, 6.07) is 8.09. The fourth-order valence-corrected chi connectivity index (χ4v) is 3.79. The van der Waals surface area contributed by atoms with Gasteiger partial charge in [-0.25, -0.2) is 0 Å². The summed E-state index contributed by atoms with van der Waals surface area (Å²) in [6.07, 6.45) is -3.69. The Morgan fingerprint density at radius 2 is 1.94 bits per heavy atom. The van der Waals surface area contributed by atoms with Crippen LogP contribution in [0.2, 0.25) is 5.02 Å². The summed E-state index contributed by atoms with van der Waals surface area (Å²) >= 11 is 6.00. The molecule has 1 saturated heterocycles. The van der Waals surface area contributed by atoms with E-state index in [4.69, 9.17) is 21.1 Å². The van der Waals surface area contributed by atoms with Gasteiger partial charge in [-0.15, -0.1) is 15.3 Å². The second-order valence-electron chi connectivity index (χ2n) is 7.31. The number of aromatic nitrogens is 4. The van der Waals surface area contributed by atoms with Gasteiger partial charge in [-0.2, -0.15) is 17.7 Å². The molecule has 8 nitrogen and oxygen atoms in total. The third-order valence-electron chi connectivity index (χ3n) is 5.27. The summed E-state index contributed by atoms with van der Waals surface area (Å²) in [6.45, 7) is 0.930. The highest BCUT2D eigenvalue weighted by atomic mass is 35.5. The standard InChI is InChI=1S/C20H19ClF3N5O3/c1-31-15-3-2-14(21)10-13(15)11-32-18(30)12-6-8-28(9-7-12)17-5-4-16-25-26-19(20(22,23)24)29(16)27-17/h2-5,10,12H,6-9,11H2,1H3. The monoisotopic (exact) mass is 469 g/mol. The number of carbonyl (C=O) groups is 1. The number of esters is 1. The van der Waals surface area contributed by atoms with Crippen molar-refractivity contribution >= 4 is 29.0 Å². The van der Waals surface area contributed by atoms with Crippen LogP contribution in [0, 0.1) is 5.92 Å². The Hall–Kier alpha value is -3.08. The molecule has 1 aromatic carbocycles. The van der Waals surface area contributed by atoms with E-state index in [2.05, 4.69) is 15.3 Å². The molecule has 0 unspecified atom stereocenters. The molecule has 32 heavy (non-hydrogen) atoms. The molecule has 1 aliphatic rings. The highest BCUT2D eigenvalue weighted by Gasteiger charge is 2.38. The first-order chi connectivity index (χ1) is 15.3. The third-order valence-corrected chi connectivity index (χ3v) is 5.50. The van der Waals surface area contributed by atoms with Crippen LogP contribution in [-0.4, -0.2) is 46.0 Å². The SMILES string of the molecule is COc1ccc(Cl)cc1COC(=O)C1CCN(c2ccc3nnc(C(F)(F)F)n3n2)CC1. The number of hydrogen-bond donors (Lipinski definition) is 0. The van der Waals surface area contributed by atoms with E-state index >= 15 is 0 Å². The first-order valence-corrected chi connectivity index (χ1v) is 10.2. The van der Waals surface area contributed by atoms with Crippen molar-refractivity contribution in [1.82, 2.24) is 19.8 Å². The number of carbonyl (C=O) groups excluding carboxylic acids is 1. The lowest BCUT2D eigenvalue weighted by Crippen LogP contribution is -2.37. The second kappa shape index (κ2) is 8.81. The summed E-state index contributed by atoms with van der Waals surface area (Å²) in [5.41, 5.74) is 0.675. The molecule has 3 heterocycles. The van der Waals surface area contributed by atoms with Crippen molar-refractivity contribution in [3.8, 4) is 5.75 Å². The zero-order valence-electron chi connectivity index (χ0n) is 17.0. The van der Waals surface area contributed by atoms with Crippen LogP contribution in [0.5, 0.6) is 5.75 Å². The smallest absolute Gasteiger partial charge is 0.453 e. The number of nitrogens with zero attached hydrogens (tertiary/aromatic N) is 5. The molecule has 0 radical (unpaired) electrons. The van der Waals surface area contributed by atoms with Crippen molar-refractivity contribution in [2.45, 2.75) is 25.6 Å².